The third-order valence-corrected chi connectivity index (χ3v) is 5.80. The van der Waals surface area contributed by atoms with E-state index in [4.69, 9.17) is 21.6 Å². The summed E-state index contributed by atoms with van der Waals surface area (Å²) in [5.41, 5.74) is 3.80. The zero-order valence-electron chi connectivity index (χ0n) is 16.1. The lowest BCUT2D eigenvalue weighted by atomic mass is 10.1. The molecule has 4 aromatic rings. The van der Waals surface area contributed by atoms with Gasteiger partial charge in [0.2, 0.25) is 5.95 Å². The summed E-state index contributed by atoms with van der Waals surface area (Å²) >= 11 is 7.75. The van der Waals surface area contributed by atoms with Crippen LogP contribution in [0.4, 0.5) is 11.1 Å². The molecule has 5 nitrogen and oxygen atoms in total. The molecule has 0 radical (unpaired) electrons. The molecule has 0 saturated heterocycles. The fourth-order valence-corrected chi connectivity index (χ4v) is 4.11. The number of aromatic nitrogens is 3. The largest absolute Gasteiger partial charge is 0.365 e. The van der Waals surface area contributed by atoms with Crippen molar-refractivity contribution in [1.29, 1.82) is 0 Å². The minimum atomic E-state index is 0.0909. The van der Waals surface area contributed by atoms with Crippen molar-refractivity contribution in [2.24, 2.45) is 0 Å². The highest BCUT2D eigenvalue weighted by Gasteiger charge is 2.17. The lowest BCUT2D eigenvalue weighted by Crippen LogP contribution is -2.09. The fourth-order valence-electron chi connectivity index (χ4n) is 3.01. The lowest BCUT2D eigenvalue weighted by molar-refractivity contribution is 0.861. The summed E-state index contributed by atoms with van der Waals surface area (Å²) in [6.45, 7) is 2.09. The summed E-state index contributed by atoms with van der Waals surface area (Å²) < 4.78 is 0. The molecular formula is C22H20ClN5S. The molecule has 1 unspecified atom stereocenters. The van der Waals surface area contributed by atoms with Gasteiger partial charge in [-0.25, -0.2) is 15.0 Å². The van der Waals surface area contributed by atoms with E-state index in [2.05, 4.69) is 34.7 Å². The molecule has 7 heteroatoms. The minimum absolute atomic E-state index is 0.0909. The standard InChI is InChI=1S/C22H20ClN5S/c1-14(15-7-4-3-5-8-15)26-21-25-12-11-18(27-21)20-19(28-22(24-2)29-20)16-9-6-10-17(23)13-16/h3-14H,1-2H3,(H,24,28)(H,25,26,27). The summed E-state index contributed by atoms with van der Waals surface area (Å²) in [7, 11) is 1.86. The Bertz CT molecular complexity index is 1110. The van der Waals surface area contributed by atoms with Crippen LogP contribution in [0.25, 0.3) is 21.8 Å². The van der Waals surface area contributed by atoms with Crippen molar-refractivity contribution in [2.45, 2.75) is 13.0 Å². The van der Waals surface area contributed by atoms with Crippen LogP contribution in [-0.2, 0) is 0 Å². The fraction of sp³-hybridized carbons (Fsp3) is 0.136. The van der Waals surface area contributed by atoms with Gasteiger partial charge in [-0.3, -0.25) is 0 Å². The Hall–Kier alpha value is -2.96. The summed E-state index contributed by atoms with van der Waals surface area (Å²) in [5, 5.41) is 8.00. The average molecular weight is 422 g/mol. The zero-order valence-corrected chi connectivity index (χ0v) is 17.6. The third kappa shape index (κ3) is 4.39. The highest BCUT2D eigenvalue weighted by atomic mass is 35.5. The number of anilines is 2. The van der Waals surface area contributed by atoms with Gasteiger partial charge in [0, 0.05) is 23.8 Å². The summed E-state index contributed by atoms with van der Waals surface area (Å²) in [6, 6.07) is 19.9. The summed E-state index contributed by atoms with van der Waals surface area (Å²) in [4.78, 5) is 14.8. The first kappa shape index (κ1) is 19.4. The first-order chi connectivity index (χ1) is 14.1. The van der Waals surface area contributed by atoms with Crippen LogP contribution in [0, 0.1) is 0 Å². The number of thiazole rings is 1. The molecule has 146 valence electrons. The van der Waals surface area contributed by atoms with Gasteiger partial charge in [0.1, 0.15) is 0 Å². The van der Waals surface area contributed by atoms with Crippen LogP contribution in [0.3, 0.4) is 0 Å². The van der Waals surface area contributed by atoms with Gasteiger partial charge in [-0.1, -0.05) is 65.4 Å². The van der Waals surface area contributed by atoms with Crippen LogP contribution in [0.5, 0.6) is 0 Å². The SMILES string of the molecule is CNc1nc(-c2cccc(Cl)c2)c(-c2ccnc(NC(C)c3ccccc3)n2)s1. The Morgan fingerprint density at radius 3 is 2.59 bits per heavy atom. The van der Waals surface area contributed by atoms with Gasteiger partial charge in [-0.2, -0.15) is 0 Å². The molecule has 2 aromatic heterocycles. The van der Waals surface area contributed by atoms with Gasteiger partial charge < -0.3 is 10.6 Å². The molecule has 2 N–H and O–H groups in total. The van der Waals surface area contributed by atoms with Crippen molar-refractivity contribution < 1.29 is 0 Å². The van der Waals surface area contributed by atoms with Crippen molar-refractivity contribution in [3.8, 4) is 21.8 Å². The summed E-state index contributed by atoms with van der Waals surface area (Å²) in [5.74, 6) is 0.579. The first-order valence-corrected chi connectivity index (χ1v) is 10.4. The molecule has 0 bridgehead atoms. The molecule has 1 atom stereocenters. The molecule has 0 amide bonds. The highest BCUT2D eigenvalue weighted by molar-refractivity contribution is 7.19. The number of benzene rings is 2. The zero-order chi connectivity index (χ0) is 20.2. The second-order valence-corrected chi connectivity index (χ2v) is 7.93. The van der Waals surface area contributed by atoms with Crippen LogP contribution in [0.15, 0.2) is 66.9 Å². The van der Waals surface area contributed by atoms with Crippen LogP contribution in [0.2, 0.25) is 5.02 Å². The van der Waals surface area contributed by atoms with Gasteiger partial charge >= 0.3 is 0 Å². The van der Waals surface area contributed by atoms with Crippen molar-refractivity contribution in [1.82, 2.24) is 15.0 Å². The van der Waals surface area contributed by atoms with Crippen LogP contribution in [-0.4, -0.2) is 22.0 Å². The second kappa shape index (κ2) is 8.59. The molecule has 0 fully saturated rings. The van der Waals surface area contributed by atoms with E-state index in [0.29, 0.717) is 11.0 Å². The topological polar surface area (TPSA) is 62.7 Å². The van der Waals surface area contributed by atoms with E-state index in [-0.39, 0.29) is 6.04 Å². The first-order valence-electron chi connectivity index (χ1n) is 9.23. The van der Waals surface area contributed by atoms with Crippen molar-refractivity contribution in [2.75, 3.05) is 17.7 Å². The number of nitrogens with one attached hydrogen (secondary N) is 2. The van der Waals surface area contributed by atoms with Crippen LogP contribution >= 0.6 is 22.9 Å². The van der Waals surface area contributed by atoms with Gasteiger partial charge in [-0.05, 0) is 30.7 Å². The van der Waals surface area contributed by atoms with Gasteiger partial charge in [-0.15, -0.1) is 0 Å². The quantitative estimate of drug-likeness (QED) is 0.391. The minimum Gasteiger partial charge on any atom is -0.365 e. The van der Waals surface area contributed by atoms with Crippen LogP contribution < -0.4 is 10.6 Å². The maximum absolute atomic E-state index is 6.20. The average Bonchev–Trinajstić information content (AvgIpc) is 3.19. The predicted molar refractivity (Wildman–Crippen MR) is 122 cm³/mol. The van der Waals surface area contributed by atoms with E-state index in [1.165, 1.54) is 5.56 Å². The molecule has 0 aliphatic rings. The number of rotatable bonds is 6. The van der Waals surface area contributed by atoms with E-state index < -0.39 is 0 Å². The van der Waals surface area contributed by atoms with E-state index in [9.17, 15) is 0 Å². The Labute approximate surface area is 178 Å². The van der Waals surface area contributed by atoms with E-state index in [1.807, 2.05) is 55.6 Å². The van der Waals surface area contributed by atoms with Gasteiger partial charge in [0.15, 0.2) is 5.13 Å². The predicted octanol–water partition coefficient (Wildman–Crippen LogP) is 6.14. The molecule has 29 heavy (non-hydrogen) atoms. The third-order valence-electron chi connectivity index (χ3n) is 4.47. The van der Waals surface area contributed by atoms with Gasteiger partial charge in [0.25, 0.3) is 0 Å². The Morgan fingerprint density at radius 2 is 1.83 bits per heavy atom. The molecule has 0 saturated carbocycles. The van der Waals surface area contributed by atoms with Gasteiger partial charge in [0.05, 0.1) is 22.3 Å². The molecule has 0 aliphatic carbocycles. The maximum atomic E-state index is 6.20. The summed E-state index contributed by atoms with van der Waals surface area (Å²) in [6.07, 6.45) is 1.77. The molecule has 0 aliphatic heterocycles. The Kier molecular flexibility index (Phi) is 5.74. The van der Waals surface area contributed by atoms with Crippen LogP contribution in [0.1, 0.15) is 18.5 Å². The normalized spacial score (nSPS) is 11.8. The number of hydrogen-bond acceptors (Lipinski definition) is 6. The molecule has 4 rings (SSSR count). The van der Waals surface area contributed by atoms with Crippen molar-refractivity contribution in [3.63, 3.8) is 0 Å². The smallest absolute Gasteiger partial charge is 0.223 e. The van der Waals surface area contributed by atoms with Crippen molar-refractivity contribution in [3.05, 3.63) is 77.4 Å². The number of nitrogens with zero attached hydrogens (tertiary/aromatic N) is 3. The lowest BCUT2D eigenvalue weighted by Gasteiger charge is -2.14. The monoisotopic (exact) mass is 421 g/mol. The maximum Gasteiger partial charge on any atom is 0.223 e. The van der Waals surface area contributed by atoms with E-state index in [1.54, 1.807) is 17.5 Å². The van der Waals surface area contributed by atoms with Crippen molar-refractivity contribution >= 4 is 34.0 Å². The number of halogens is 1. The molecule has 2 aromatic carbocycles. The van der Waals surface area contributed by atoms with E-state index in [0.717, 1.165) is 27.0 Å². The molecular weight excluding hydrogens is 402 g/mol. The Morgan fingerprint density at radius 1 is 1.00 bits per heavy atom. The van der Waals surface area contributed by atoms with E-state index >= 15 is 0 Å². The number of hydrogen-bond donors (Lipinski definition) is 2. The Balaban J connectivity index is 1.69. The highest BCUT2D eigenvalue weighted by Crippen LogP contribution is 2.38. The molecule has 2 heterocycles. The second-order valence-electron chi connectivity index (χ2n) is 6.50. The molecule has 0 spiro atoms.